The zero-order chi connectivity index (χ0) is 19.2. The highest BCUT2D eigenvalue weighted by atomic mass is 32.1. The maximum Gasteiger partial charge on any atom is 0.269 e. The smallest absolute Gasteiger partial charge is 0.269 e. The highest BCUT2D eigenvalue weighted by Crippen LogP contribution is 2.22. The van der Waals surface area contributed by atoms with Gasteiger partial charge in [-0.1, -0.05) is 39.0 Å². The number of thiocarbonyl (C=S) groups is 1. The third kappa shape index (κ3) is 6.09. The summed E-state index contributed by atoms with van der Waals surface area (Å²) in [6.07, 6.45) is 3.07. The first-order valence-electron chi connectivity index (χ1n) is 7.99. The maximum atomic E-state index is 12.1. The third-order valence-electron chi connectivity index (χ3n) is 3.48. The molecule has 0 saturated carbocycles. The lowest BCUT2D eigenvalue weighted by molar-refractivity contribution is -0.115. The number of carbonyl (C=O) groups excluding carboxylic acids is 2. The van der Waals surface area contributed by atoms with Crippen LogP contribution < -0.4 is 16.2 Å². The molecular weight excluding hydrogens is 366 g/mol. The molecule has 3 N–H and O–H groups in total. The summed E-state index contributed by atoms with van der Waals surface area (Å²) in [6.45, 7) is 6.33. The lowest BCUT2D eigenvalue weighted by atomic mass is 9.87. The molecule has 1 aromatic heterocycles. The van der Waals surface area contributed by atoms with Crippen LogP contribution in [0.3, 0.4) is 0 Å². The molecular formula is C19H21N3O2S2. The molecule has 136 valence electrons. The summed E-state index contributed by atoms with van der Waals surface area (Å²) in [5.74, 6) is -0.712. The summed E-state index contributed by atoms with van der Waals surface area (Å²) in [6, 6.07) is 11.1. The highest BCUT2D eigenvalue weighted by molar-refractivity contribution is 7.80. The van der Waals surface area contributed by atoms with Crippen molar-refractivity contribution in [2.45, 2.75) is 26.2 Å². The summed E-state index contributed by atoms with van der Waals surface area (Å²) < 4.78 is 0. The fourth-order valence-corrected chi connectivity index (χ4v) is 2.81. The van der Waals surface area contributed by atoms with Crippen LogP contribution in [-0.2, 0) is 10.2 Å². The van der Waals surface area contributed by atoms with Gasteiger partial charge in [-0.2, -0.15) is 0 Å². The van der Waals surface area contributed by atoms with E-state index in [-0.39, 0.29) is 22.3 Å². The van der Waals surface area contributed by atoms with Crippen molar-refractivity contribution in [1.29, 1.82) is 0 Å². The fraction of sp³-hybridized carbons (Fsp3) is 0.211. The van der Waals surface area contributed by atoms with Gasteiger partial charge in [-0.3, -0.25) is 25.8 Å². The molecule has 0 fully saturated rings. The SMILES string of the molecule is CC(C)(C)c1ccc(C(=O)NNC(=S)NC(=O)C=Cc2cccs2)cc1. The van der Waals surface area contributed by atoms with Gasteiger partial charge < -0.3 is 0 Å². The van der Waals surface area contributed by atoms with E-state index >= 15 is 0 Å². The predicted molar refractivity (Wildman–Crippen MR) is 110 cm³/mol. The van der Waals surface area contributed by atoms with Crippen LogP contribution >= 0.6 is 23.6 Å². The average molecular weight is 388 g/mol. The van der Waals surface area contributed by atoms with Crippen molar-refractivity contribution in [3.8, 4) is 0 Å². The van der Waals surface area contributed by atoms with Gasteiger partial charge in [0.1, 0.15) is 0 Å². The van der Waals surface area contributed by atoms with Crippen LogP contribution in [0, 0.1) is 0 Å². The van der Waals surface area contributed by atoms with Crippen molar-refractivity contribution in [2.24, 2.45) is 0 Å². The number of amides is 2. The van der Waals surface area contributed by atoms with Crippen molar-refractivity contribution in [2.75, 3.05) is 0 Å². The standard InChI is InChI=1S/C19H21N3O2S2/c1-19(2,3)14-8-6-13(7-9-14)17(24)21-22-18(25)20-16(23)11-10-15-5-4-12-26-15/h4-12H,1-3H3,(H,21,24)(H2,20,22,23,25). The van der Waals surface area contributed by atoms with E-state index in [1.54, 1.807) is 18.2 Å². The van der Waals surface area contributed by atoms with E-state index in [0.29, 0.717) is 5.56 Å². The van der Waals surface area contributed by atoms with Crippen LogP contribution in [0.5, 0.6) is 0 Å². The summed E-state index contributed by atoms with van der Waals surface area (Å²) in [7, 11) is 0. The Hall–Kier alpha value is -2.51. The van der Waals surface area contributed by atoms with Gasteiger partial charge in [-0.25, -0.2) is 0 Å². The molecule has 0 saturated heterocycles. The number of benzene rings is 1. The summed E-state index contributed by atoms with van der Waals surface area (Å²) in [5, 5.41) is 4.41. The van der Waals surface area contributed by atoms with Crippen molar-refractivity contribution < 1.29 is 9.59 Å². The van der Waals surface area contributed by atoms with E-state index in [2.05, 4.69) is 36.9 Å². The van der Waals surface area contributed by atoms with Gasteiger partial charge in [0, 0.05) is 16.5 Å². The Balaban J connectivity index is 1.81. The topological polar surface area (TPSA) is 70.2 Å². The van der Waals surface area contributed by atoms with E-state index < -0.39 is 0 Å². The zero-order valence-electron chi connectivity index (χ0n) is 14.8. The minimum absolute atomic E-state index is 0.0190. The number of hydrazine groups is 1. The van der Waals surface area contributed by atoms with Gasteiger partial charge in [-0.05, 0) is 52.9 Å². The third-order valence-corrected chi connectivity index (χ3v) is 4.52. The second kappa shape index (κ2) is 8.73. The molecule has 0 radical (unpaired) electrons. The van der Waals surface area contributed by atoms with Crippen LogP contribution in [0.4, 0.5) is 0 Å². The van der Waals surface area contributed by atoms with E-state index in [1.807, 2.05) is 29.6 Å². The predicted octanol–water partition coefficient (Wildman–Crippen LogP) is 3.39. The Morgan fingerprint density at radius 3 is 2.35 bits per heavy atom. The first-order valence-corrected chi connectivity index (χ1v) is 9.28. The summed E-state index contributed by atoms with van der Waals surface area (Å²) in [4.78, 5) is 24.8. The van der Waals surface area contributed by atoms with E-state index in [9.17, 15) is 9.59 Å². The molecule has 5 nitrogen and oxygen atoms in total. The average Bonchev–Trinajstić information content (AvgIpc) is 3.11. The molecule has 0 spiro atoms. The summed E-state index contributed by atoms with van der Waals surface area (Å²) >= 11 is 6.52. The van der Waals surface area contributed by atoms with Crippen LogP contribution in [-0.4, -0.2) is 16.9 Å². The van der Waals surface area contributed by atoms with Crippen molar-refractivity contribution in [3.63, 3.8) is 0 Å². The second-order valence-corrected chi connectivity index (χ2v) is 7.96. The van der Waals surface area contributed by atoms with Crippen LogP contribution in [0.1, 0.15) is 41.6 Å². The Labute approximate surface area is 162 Å². The highest BCUT2D eigenvalue weighted by Gasteiger charge is 2.14. The lowest BCUT2D eigenvalue weighted by Gasteiger charge is -2.19. The monoisotopic (exact) mass is 387 g/mol. The largest absolute Gasteiger partial charge is 0.298 e. The normalized spacial score (nSPS) is 11.2. The van der Waals surface area contributed by atoms with Crippen molar-refractivity contribution in [3.05, 3.63) is 63.9 Å². The molecule has 2 amide bonds. The number of rotatable bonds is 3. The van der Waals surface area contributed by atoms with Crippen molar-refractivity contribution >= 4 is 46.6 Å². The molecule has 1 heterocycles. The lowest BCUT2D eigenvalue weighted by Crippen LogP contribution is -2.48. The molecule has 0 aliphatic rings. The number of hydrogen-bond acceptors (Lipinski definition) is 4. The number of hydrogen-bond donors (Lipinski definition) is 3. The minimum Gasteiger partial charge on any atom is -0.298 e. The van der Waals surface area contributed by atoms with Crippen LogP contribution in [0.15, 0.2) is 47.9 Å². The van der Waals surface area contributed by atoms with Gasteiger partial charge in [0.05, 0.1) is 0 Å². The molecule has 0 atom stereocenters. The molecule has 0 bridgehead atoms. The maximum absolute atomic E-state index is 12.1. The first-order chi connectivity index (χ1) is 12.3. The minimum atomic E-state index is -0.375. The first kappa shape index (κ1) is 19.8. The molecule has 2 aromatic rings. The molecule has 0 aliphatic carbocycles. The Morgan fingerprint density at radius 2 is 1.77 bits per heavy atom. The molecule has 0 aliphatic heterocycles. The second-order valence-electron chi connectivity index (χ2n) is 6.57. The number of thiophene rings is 1. The summed E-state index contributed by atoms with van der Waals surface area (Å²) in [5.41, 5.74) is 6.65. The Bertz CT molecular complexity index is 804. The number of nitrogens with one attached hydrogen (secondary N) is 3. The molecule has 26 heavy (non-hydrogen) atoms. The Kier molecular flexibility index (Phi) is 6.65. The quantitative estimate of drug-likeness (QED) is 0.429. The molecule has 7 heteroatoms. The van der Waals surface area contributed by atoms with Gasteiger partial charge in [0.2, 0.25) is 5.91 Å². The molecule has 2 rings (SSSR count). The zero-order valence-corrected chi connectivity index (χ0v) is 16.5. The Morgan fingerprint density at radius 1 is 1.08 bits per heavy atom. The van der Waals surface area contributed by atoms with E-state index in [1.165, 1.54) is 17.4 Å². The van der Waals surface area contributed by atoms with E-state index in [0.717, 1.165) is 10.4 Å². The van der Waals surface area contributed by atoms with Crippen LogP contribution in [0.2, 0.25) is 0 Å². The van der Waals surface area contributed by atoms with Crippen molar-refractivity contribution in [1.82, 2.24) is 16.2 Å². The molecule has 0 unspecified atom stereocenters. The molecule has 1 aromatic carbocycles. The van der Waals surface area contributed by atoms with Gasteiger partial charge in [0.25, 0.3) is 5.91 Å². The van der Waals surface area contributed by atoms with Gasteiger partial charge >= 0.3 is 0 Å². The van der Waals surface area contributed by atoms with Crippen LogP contribution in [0.25, 0.3) is 6.08 Å². The fourth-order valence-electron chi connectivity index (χ4n) is 2.04. The number of carbonyl (C=O) groups is 2. The van der Waals surface area contributed by atoms with Gasteiger partial charge in [0.15, 0.2) is 5.11 Å². The van der Waals surface area contributed by atoms with E-state index in [4.69, 9.17) is 12.2 Å². The van der Waals surface area contributed by atoms with Gasteiger partial charge in [-0.15, -0.1) is 11.3 Å².